The van der Waals surface area contributed by atoms with E-state index in [1.165, 1.54) is 42.3 Å². The Hall–Kier alpha value is -2.43. The highest BCUT2D eigenvalue weighted by Crippen LogP contribution is 2.33. The standard InChI is InChI=1S/C22H25N3O5S2/c1-4-17-13(2)32-20-19(17)21(26)24(11-16-6-5-9-30-16)22(23-20)31-12-14-10-15(25(27)28)7-8-18(14)29-3/h7-8,10,16H,4-6,9,11-12H2,1-3H3. The predicted octanol–water partition coefficient (Wildman–Crippen LogP) is 4.72. The maximum absolute atomic E-state index is 13.6. The number of fused-ring (bicyclic) bond motifs is 1. The van der Waals surface area contributed by atoms with Crippen LogP contribution in [0.3, 0.4) is 0 Å². The monoisotopic (exact) mass is 475 g/mol. The molecule has 1 atom stereocenters. The maximum atomic E-state index is 13.6. The van der Waals surface area contributed by atoms with Crippen LogP contribution in [-0.4, -0.2) is 34.3 Å². The minimum absolute atomic E-state index is 0.00280. The number of nitro benzene ring substituents is 1. The first-order valence-electron chi connectivity index (χ1n) is 10.5. The Bertz CT molecular complexity index is 1210. The third-order valence-electron chi connectivity index (χ3n) is 5.67. The molecular formula is C22H25N3O5S2. The highest BCUT2D eigenvalue weighted by molar-refractivity contribution is 7.98. The van der Waals surface area contributed by atoms with Crippen molar-refractivity contribution in [3.8, 4) is 5.75 Å². The van der Waals surface area contributed by atoms with Crippen molar-refractivity contribution in [2.24, 2.45) is 0 Å². The average molecular weight is 476 g/mol. The van der Waals surface area contributed by atoms with Crippen molar-refractivity contribution in [3.05, 3.63) is 54.7 Å². The van der Waals surface area contributed by atoms with Crippen molar-refractivity contribution in [3.63, 3.8) is 0 Å². The van der Waals surface area contributed by atoms with Crippen LogP contribution in [0.25, 0.3) is 10.2 Å². The van der Waals surface area contributed by atoms with Gasteiger partial charge in [-0.15, -0.1) is 11.3 Å². The quantitative estimate of drug-likeness (QED) is 0.201. The van der Waals surface area contributed by atoms with Crippen LogP contribution in [0.2, 0.25) is 0 Å². The fourth-order valence-electron chi connectivity index (χ4n) is 4.05. The minimum atomic E-state index is -0.425. The van der Waals surface area contributed by atoms with Gasteiger partial charge in [0.15, 0.2) is 5.16 Å². The predicted molar refractivity (Wildman–Crippen MR) is 126 cm³/mol. The lowest BCUT2D eigenvalue weighted by Gasteiger charge is -2.16. The van der Waals surface area contributed by atoms with Gasteiger partial charge in [-0.2, -0.15) is 0 Å². The molecule has 0 radical (unpaired) electrons. The zero-order valence-corrected chi connectivity index (χ0v) is 19.9. The van der Waals surface area contributed by atoms with E-state index in [4.69, 9.17) is 14.5 Å². The fourth-order valence-corrected chi connectivity index (χ4v) is 6.20. The van der Waals surface area contributed by atoms with Gasteiger partial charge in [-0.3, -0.25) is 19.5 Å². The number of rotatable bonds is 8. The van der Waals surface area contributed by atoms with Crippen molar-refractivity contribution in [2.45, 2.75) is 56.7 Å². The summed E-state index contributed by atoms with van der Waals surface area (Å²) in [5.41, 5.74) is 1.70. The second kappa shape index (κ2) is 9.60. The number of thiophene rings is 1. The summed E-state index contributed by atoms with van der Waals surface area (Å²) in [5.74, 6) is 0.955. The van der Waals surface area contributed by atoms with E-state index in [0.717, 1.165) is 34.5 Å². The van der Waals surface area contributed by atoms with Crippen LogP contribution < -0.4 is 10.3 Å². The largest absolute Gasteiger partial charge is 0.496 e. The molecular weight excluding hydrogens is 450 g/mol. The Morgan fingerprint density at radius 1 is 1.44 bits per heavy atom. The second-order valence-electron chi connectivity index (χ2n) is 7.66. The van der Waals surface area contributed by atoms with E-state index in [9.17, 15) is 14.9 Å². The third kappa shape index (κ3) is 4.39. The average Bonchev–Trinajstić information content (AvgIpc) is 3.41. The van der Waals surface area contributed by atoms with Crippen molar-refractivity contribution < 1.29 is 14.4 Å². The molecule has 1 unspecified atom stereocenters. The van der Waals surface area contributed by atoms with Crippen LogP contribution in [0, 0.1) is 17.0 Å². The normalized spacial score (nSPS) is 16.0. The maximum Gasteiger partial charge on any atom is 0.270 e. The van der Waals surface area contributed by atoms with Crippen LogP contribution >= 0.6 is 23.1 Å². The topological polar surface area (TPSA) is 96.5 Å². The van der Waals surface area contributed by atoms with Gasteiger partial charge in [0, 0.05) is 34.9 Å². The Morgan fingerprint density at radius 2 is 2.25 bits per heavy atom. The molecule has 3 heterocycles. The molecule has 0 aliphatic carbocycles. The molecule has 0 N–H and O–H groups in total. The van der Waals surface area contributed by atoms with Crippen molar-refractivity contribution in [1.82, 2.24) is 9.55 Å². The Labute approximate surface area is 193 Å². The van der Waals surface area contributed by atoms with Gasteiger partial charge in [0.1, 0.15) is 10.6 Å². The number of benzene rings is 1. The number of aryl methyl sites for hydroxylation is 2. The number of non-ortho nitro benzene ring substituents is 1. The fraction of sp³-hybridized carbons (Fsp3) is 0.455. The molecule has 1 aliphatic rings. The molecule has 0 amide bonds. The second-order valence-corrected chi connectivity index (χ2v) is 9.80. The molecule has 0 saturated carbocycles. The lowest BCUT2D eigenvalue weighted by Crippen LogP contribution is -2.29. The zero-order valence-electron chi connectivity index (χ0n) is 18.3. The smallest absolute Gasteiger partial charge is 0.270 e. The Balaban J connectivity index is 1.75. The first-order valence-corrected chi connectivity index (χ1v) is 12.3. The number of nitro groups is 1. The number of aromatic nitrogens is 2. The zero-order chi connectivity index (χ0) is 22.8. The Morgan fingerprint density at radius 3 is 2.91 bits per heavy atom. The van der Waals surface area contributed by atoms with Crippen LogP contribution in [0.4, 0.5) is 5.69 Å². The van der Waals surface area contributed by atoms with Crippen LogP contribution in [0.15, 0.2) is 28.2 Å². The molecule has 2 aromatic heterocycles. The number of methoxy groups -OCH3 is 1. The van der Waals surface area contributed by atoms with Crippen LogP contribution in [-0.2, 0) is 23.5 Å². The number of hydrogen-bond acceptors (Lipinski definition) is 8. The lowest BCUT2D eigenvalue weighted by atomic mass is 10.1. The summed E-state index contributed by atoms with van der Waals surface area (Å²) in [6.07, 6.45) is 2.67. The SMILES string of the molecule is CCc1c(C)sc2nc(SCc3cc([N+](=O)[O-])ccc3OC)n(CC3CCCO3)c(=O)c12. The lowest BCUT2D eigenvalue weighted by molar-refractivity contribution is -0.384. The van der Waals surface area contributed by atoms with Crippen LogP contribution in [0.5, 0.6) is 5.75 Å². The summed E-state index contributed by atoms with van der Waals surface area (Å²) >= 11 is 2.92. The van der Waals surface area contributed by atoms with E-state index < -0.39 is 4.92 Å². The van der Waals surface area contributed by atoms with Gasteiger partial charge in [-0.1, -0.05) is 18.7 Å². The van der Waals surface area contributed by atoms with E-state index >= 15 is 0 Å². The number of thioether (sulfide) groups is 1. The highest BCUT2D eigenvalue weighted by Gasteiger charge is 2.23. The van der Waals surface area contributed by atoms with Gasteiger partial charge in [0.25, 0.3) is 11.2 Å². The molecule has 0 spiro atoms. The molecule has 3 aromatic rings. The summed E-state index contributed by atoms with van der Waals surface area (Å²) in [4.78, 5) is 31.0. The first-order chi connectivity index (χ1) is 15.4. The van der Waals surface area contributed by atoms with Gasteiger partial charge in [-0.05, 0) is 37.8 Å². The van der Waals surface area contributed by atoms with Gasteiger partial charge in [-0.25, -0.2) is 4.98 Å². The van der Waals surface area contributed by atoms with Crippen LogP contribution in [0.1, 0.15) is 35.8 Å². The van der Waals surface area contributed by atoms with E-state index in [-0.39, 0.29) is 17.4 Å². The number of hydrogen-bond donors (Lipinski definition) is 0. The molecule has 8 nitrogen and oxygen atoms in total. The van der Waals surface area contributed by atoms with E-state index in [1.54, 1.807) is 10.6 Å². The summed E-state index contributed by atoms with van der Waals surface area (Å²) in [7, 11) is 1.54. The molecule has 1 aromatic carbocycles. The highest BCUT2D eigenvalue weighted by atomic mass is 32.2. The molecule has 1 aliphatic heterocycles. The van der Waals surface area contributed by atoms with Gasteiger partial charge < -0.3 is 9.47 Å². The van der Waals surface area contributed by atoms with Gasteiger partial charge >= 0.3 is 0 Å². The van der Waals surface area contributed by atoms with E-state index in [2.05, 4.69) is 6.92 Å². The van der Waals surface area contributed by atoms with Crippen molar-refractivity contribution in [1.29, 1.82) is 0 Å². The van der Waals surface area contributed by atoms with Crippen molar-refractivity contribution >= 4 is 39.0 Å². The summed E-state index contributed by atoms with van der Waals surface area (Å²) in [5, 5.41) is 12.5. The first kappa shape index (κ1) is 22.8. The summed E-state index contributed by atoms with van der Waals surface area (Å²) < 4.78 is 12.9. The molecule has 170 valence electrons. The van der Waals surface area contributed by atoms with Gasteiger partial charge in [0.2, 0.25) is 0 Å². The number of ether oxygens (including phenoxy) is 2. The molecule has 1 saturated heterocycles. The van der Waals surface area contributed by atoms with Crippen molar-refractivity contribution in [2.75, 3.05) is 13.7 Å². The van der Waals surface area contributed by atoms with E-state index in [1.807, 2.05) is 6.92 Å². The summed E-state index contributed by atoms with van der Waals surface area (Å²) in [6, 6.07) is 4.53. The Kier molecular flexibility index (Phi) is 6.82. The third-order valence-corrected chi connectivity index (χ3v) is 7.74. The molecule has 10 heteroatoms. The minimum Gasteiger partial charge on any atom is -0.496 e. The molecule has 32 heavy (non-hydrogen) atoms. The molecule has 4 rings (SSSR count). The summed E-state index contributed by atoms with van der Waals surface area (Å²) in [6.45, 7) is 5.24. The van der Waals surface area contributed by atoms with Gasteiger partial charge in [0.05, 0.1) is 30.1 Å². The molecule has 1 fully saturated rings. The van der Waals surface area contributed by atoms with E-state index in [0.29, 0.717) is 40.8 Å². The number of nitrogens with zero attached hydrogens (tertiary/aromatic N) is 3. The molecule has 0 bridgehead atoms.